The molecule has 0 saturated heterocycles. The normalized spacial score (nSPS) is 18.9. The third kappa shape index (κ3) is 5.38. The Morgan fingerprint density at radius 2 is 1.78 bits per heavy atom. The van der Waals surface area contributed by atoms with Crippen LogP contribution in [0, 0.1) is 5.92 Å². The van der Waals surface area contributed by atoms with Crippen molar-refractivity contribution in [2.75, 3.05) is 0 Å². The fourth-order valence-corrected chi connectivity index (χ4v) is 5.32. The number of aryl methyl sites for hydroxylation is 1. The van der Waals surface area contributed by atoms with Crippen molar-refractivity contribution in [1.82, 2.24) is 35.4 Å². The van der Waals surface area contributed by atoms with E-state index in [0.29, 0.717) is 23.7 Å². The standard InChI is InChI=1S/C28H36N8/c1-3-4-9-26-30-28(19(2)21-14-16-23(29)17-15-21)36(33-26)18-20-10-12-22(13-11-20)24-7-5-6-8-25(24)27-31-34-35-32-27/h5-8,10-13,19,21,23H,3-4,9,14-18,29H2,1-2H3,(H,31,32,34,35). The summed E-state index contributed by atoms with van der Waals surface area (Å²) >= 11 is 0. The molecule has 1 unspecified atom stereocenters. The molecular formula is C28H36N8. The molecule has 3 N–H and O–H groups in total. The Balaban J connectivity index is 1.38. The molecule has 5 rings (SSSR count). The van der Waals surface area contributed by atoms with Crippen molar-refractivity contribution in [3.63, 3.8) is 0 Å². The fourth-order valence-electron chi connectivity index (χ4n) is 5.32. The molecular weight excluding hydrogens is 448 g/mol. The molecule has 1 fully saturated rings. The van der Waals surface area contributed by atoms with Gasteiger partial charge in [-0.05, 0) is 59.9 Å². The number of rotatable bonds is 9. The number of H-pyrrole nitrogens is 1. The van der Waals surface area contributed by atoms with Crippen molar-refractivity contribution in [2.24, 2.45) is 11.7 Å². The minimum Gasteiger partial charge on any atom is -0.328 e. The predicted octanol–water partition coefficient (Wildman–Crippen LogP) is 5.14. The summed E-state index contributed by atoms with van der Waals surface area (Å²) in [4.78, 5) is 5.04. The molecule has 1 atom stereocenters. The summed E-state index contributed by atoms with van der Waals surface area (Å²) in [6.45, 7) is 5.26. The molecule has 8 heteroatoms. The van der Waals surface area contributed by atoms with Crippen LogP contribution >= 0.6 is 0 Å². The second-order valence-corrected chi connectivity index (χ2v) is 10.1. The van der Waals surface area contributed by atoms with Gasteiger partial charge in [-0.1, -0.05) is 68.8 Å². The highest BCUT2D eigenvalue weighted by atomic mass is 15.5. The lowest BCUT2D eigenvalue weighted by molar-refractivity contribution is 0.281. The van der Waals surface area contributed by atoms with Crippen molar-refractivity contribution in [1.29, 1.82) is 0 Å². The molecule has 2 aromatic heterocycles. The lowest BCUT2D eigenvalue weighted by Gasteiger charge is -2.30. The van der Waals surface area contributed by atoms with E-state index in [-0.39, 0.29) is 0 Å². The zero-order chi connectivity index (χ0) is 24.9. The molecule has 4 aromatic rings. The van der Waals surface area contributed by atoms with Gasteiger partial charge >= 0.3 is 0 Å². The zero-order valence-electron chi connectivity index (χ0n) is 21.3. The summed E-state index contributed by atoms with van der Waals surface area (Å²) in [7, 11) is 0. The van der Waals surface area contributed by atoms with E-state index in [1.54, 1.807) is 0 Å². The molecule has 0 bridgehead atoms. The Hall–Kier alpha value is -3.39. The van der Waals surface area contributed by atoms with Crippen LogP contribution in [0.15, 0.2) is 48.5 Å². The molecule has 1 saturated carbocycles. The molecule has 188 valence electrons. The summed E-state index contributed by atoms with van der Waals surface area (Å²) in [5.41, 5.74) is 10.5. The number of hydrogen-bond donors (Lipinski definition) is 2. The highest BCUT2D eigenvalue weighted by Gasteiger charge is 2.28. The maximum Gasteiger partial charge on any atom is 0.205 e. The number of tetrazole rings is 1. The van der Waals surface area contributed by atoms with Gasteiger partial charge in [-0.15, -0.1) is 10.2 Å². The number of hydrogen-bond acceptors (Lipinski definition) is 6. The van der Waals surface area contributed by atoms with Gasteiger partial charge in [0.2, 0.25) is 5.82 Å². The van der Waals surface area contributed by atoms with Gasteiger partial charge in [0, 0.05) is 23.9 Å². The third-order valence-electron chi connectivity index (χ3n) is 7.54. The van der Waals surface area contributed by atoms with Crippen LogP contribution in [0.3, 0.4) is 0 Å². The van der Waals surface area contributed by atoms with Crippen LogP contribution < -0.4 is 5.73 Å². The highest BCUT2D eigenvalue weighted by molar-refractivity contribution is 5.80. The minimum atomic E-state index is 0.357. The molecule has 2 aromatic carbocycles. The first-order valence-electron chi connectivity index (χ1n) is 13.2. The van der Waals surface area contributed by atoms with Crippen molar-refractivity contribution in [3.8, 4) is 22.5 Å². The van der Waals surface area contributed by atoms with Crippen molar-refractivity contribution < 1.29 is 0 Å². The molecule has 0 amide bonds. The van der Waals surface area contributed by atoms with Gasteiger partial charge < -0.3 is 5.73 Å². The van der Waals surface area contributed by atoms with Crippen molar-refractivity contribution in [3.05, 3.63) is 65.7 Å². The van der Waals surface area contributed by atoms with Crippen molar-refractivity contribution >= 4 is 0 Å². The van der Waals surface area contributed by atoms with Crippen LogP contribution in [0.4, 0.5) is 0 Å². The van der Waals surface area contributed by atoms with Gasteiger partial charge in [0.15, 0.2) is 5.82 Å². The quantitative estimate of drug-likeness (QED) is 0.340. The molecule has 0 radical (unpaired) electrons. The number of nitrogens with two attached hydrogens (primary N) is 1. The SMILES string of the molecule is CCCCc1nc(C(C)C2CCC(N)CC2)n(Cc2ccc(-c3ccccc3-c3nn[nH]n3)cc2)n1. The van der Waals surface area contributed by atoms with Crippen LogP contribution in [0.1, 0.15) is 75.5 Å². The first-order chi connectivity index (χ1) is 17.6. The molecule has 36 heavy (non-hydrogen) atoms. The smallest absolute Gasteiger partial charge is 0.205 e. The van der Waals surface area contributed by atoms with Gasteiger partial charge in [0.1, 0.15) is 5.82 Å². The highest BCUT2D eigenvalue weighted by Crippen LogP contribution is 2.35. The van der Waals surface area contributed by atoms with Crippen LogP contribution in [0.5, 0.6) is 0 Å². The summed E-state index contributed by atoms with van der Waals surface area (Å²) < 4.78 is 2.15. The van der Waals surface area contributed by atoms with Crippen molar-refractivity contribution in [2.45, 2.75) is 77.3 Å². The number of aromatic amines is 1. The minimum absolute atomic E-state index is 0.357. The predicted molar refractivity (Wildman–Crippen MR) is 141 cm³/mol. The molecule has 0 aliphatic heterocycles. The van der Waals surface area contributed by atoms with Gasteiger partial charge in [-0.2, -0.15) is 10.3 Å². The van der Waals surface area contributed by atoms with Crippen LogP contribution in [-0.4, -0.2) is 41.4 Å². The van der Waals surface area contributed by atoms with Gasteiger partial charge in [-0.3, -0.25) is 0 Å². The Morgan fingerprint density at radius 3 is 2.47 bits per heavy atom. The van der Waals surface area contributed by atoms with E-state index >= 15 is 0 Å². The van der Waals surface area contributed by atoms with Gasteiger partial charge in [0.05, 0.1) is 6.54 Å². The van der Waals surface area contributed by atoms with Crippen LogP contribution in [-0.2, 0) is 13.0 Å². The molecule has 1 aliphatic rings. The van der Waals surface area contributed by atoms with E-state index < -0.39 is 0 Å². The zero-order valence-corrected chi connectivity index (χ0v) is 21.3. The Labute approximate surface area is 212 Å². The molecule has 0 spiro atoms. The molecule has 2 heterocycles. The average Bonchev–Trinajstić information content (AvgIpc) is 3.59. The number of nitrogens with one attached hydrogen (secondary N) is 1. The van der Waals surface area contributed by atoms with Gasteiger partial charge in [-0.25, -0.2) is 9.67 Å². The topological polar surface area (TPSA) is 111 Å². The summed E-state index contributed by atoms with van der Waals surface area (Å²) in [6.07, 6.45) is 7.76. The summed E-state index contributed by atoms with van der Waals surface area (Å²) in [6, 6.07) is 17.2. The number of unbranched alkanes of at least 4 members (excludes halogenated alkanes) is 1. The van der Waals surface area contributed by atoms with Gasteiger partial charge in [0.25, 0.3) is 0 Å². The maximum atomic E-state index is 6.17. The lowest BCUT2D eigenvalue weighted by atomic mass is 9.79. The fraction of sp³-hybridized carbons (Fsp3) is 0.464. The Bertz CT molecular complexity index is 1240. The summed E-state index contributed by atoms with van der Waals surface area (Å²) in [5, 5.41) is 19.5. The number of benzene rings is 2. The first kappa shape index (κ1) is 24.3. The van der Waals surface area contributed by atoms with Crippen LogP contribution in [0.2, 0.25) is 0 Å². The Kier molecular flexibility index (Phi) is 7.51. The van der Waals surface area contributed by atoms with E-state index in [2.05, 4.69) is 69.5 Å². The van der Waals surface area contributed by atoms with Crippen LogP contribution in [0.25, 0.3) is 22.5 Å². The summed E-state index contributed by atoms with van der Waals surface area (Å²) in [5.74, 6) is 3.68. The average molecular weight is 485 g/mol. The maximum absolute atomic E-state index is 6.17. The first-order valence-corrected chi connectivity index (χ1v) is 13.2. The van der Waals surface area contributed by atoms with E-state index in [1.807, 2.05) is 18.2 Å². The van der Waals surface area contributed by atoms with E-state index in [1.165, 1.54) is 18.4 Å². The van der Waals surface area contributed by atoms with E-state index in [4.69, 9.17) is 15.8 Å². The second-order valence-electron chi connectivity index (χ2n) is 10.1. The van der Waals surface area contributed by atoms with E-state index in [0.717, 1.165) is 67.0 Å². The Morgan fingerprint density at radius 1 is 1.03 bits per heavy atom. The van der Waals surface area contributed by atoms with E-state index in [9.17, 15) is 0 Å². The monoisotopic (exact) mass is 484 g/mol. The molecule has 8 nitrogen and oxygen atoms in total. The number of aromatic nitrogens is 7. The molecule has 1 aliphatic carbocycles. The third-order valence-corrected chi connectivity index (χ3v) is 7.54. The second kappa shape index (κ2) is 11.1. The largest absolute Gasteiger partial charge is 0.328 e. The number of nitrogens with zero attached hydrogens (tertiary/aromatic N) is 6. The lowest BCUT2D eigenvalue weighted by Crippen LogP contribution is -2.29.